The number of hydrogen-bond donors (Lipinski definition) is 3. The molecule has 1 heterocycles. The molecule has 1 atom stereocenters. The highest BCUT2D eigenvalue weighted by Gasteiger charge is 2.17. The van der Waals surface area contributed by atoms with Crippen molar-refractivity contribution in [3.05, 3.63) is 57.8 Å². The van der Waals surface area contributed by atoms with Crippen LogP contribution in [0.5, 0.6) is 0 Å². The molecule has 2 aromatic rings. The Morgan fingerprint density at radius 3 is 2.29 bits per heavy atom. The maximum absolute atomic E-state index is 12.0. The first-order valence-corrected chi connectivity index (χ1v) is 12.2. The summed E-state index contributed by atoms with van der Waals surface area (Å²) < 4.78 is 5.66. The Balaban J connectivity index is 0.00000142. The van der Waals surface area contributed by atoms with Crippen molar-refractivity contribution in [1.29, 1.82) is 0 Å². The first-order valence-electron chi connectivity index (χ1n) is 11.5. The molecule has 8 nitrogen and oxygen atoms in total. The minimum atomic E-state index is -0.882. The van der Waals surface area contributed by atoms with E-state index in [0.29, 0.717) is 18.7 Å². The van der Waals surface area contributed by atoms with E-state index in [0.717, 1.165) is 51.3 Å². The zero-order valence-corrected chi connectivity index (χ0v) is 21.8. The molecular weight excluding hydrogens is 493 g/mol. The molecule has 0 saturated carbocycles. The van der Waals surface area contributed by atoms with Gasteiger partial charge in [0.1, 0.15) is 0 Å². The molecule has 35 heavy (non-hydrogen) atoms. The number of carboxylic acid groups (broad SMARTS) is 1. The van der Waals surface area contributed by atoms with E-state index in [1.807, 2.05) is 18.2 Å². The van der Waals surface area contributed by atoms with Gasteiger partial charge in [-0.25, -0.2) is 0 Å². The van der Waals surface area contributed by atoms with Crippen molar-refractivity contribution in [2.24, 2.45) is 0 Å². The first-order chi connectivity index (χ1) is 16.6. The van der Waals surface area contributed by atoms with E-state index >= 15 is 0 Å². The molecule has 0 radical (unpaired) electrons. The number of nitrogens with zero attached hydrogens (tertiary/aromatic N) is 2. The molecule has 194 valence electrons. The zero-order chi connectivity index (χ0) is 26.2. The normalized spacial score (nSPS) is 11.3. The fourth-order valence-corrected chi connectivity index (χ4v) is 3.68. The number of rotatable bonds is 13. The number of benzene rings is 1. The van der Waals surface area contributed by atoms with Gasteiger partial charge in [0.05, 0.1) is 35.0 Å². The number of nitrogen functional groups attached to an aromatic ring is 1. The number of carboxylic acids is 1. The molecule has 1 aromatic heterocycles. The van der Waals surface area contributed by atoms with Crippen molar-refractivity contribution in [1.82, 2.24) is 9.88 Å². The van der Waals surface area contributed by atoms with Crippen LogP contribution in [0.4, 0.5) is 5.69 Å². The number of carbonyl (C=O) groups excluding carboxylic acids is 1. The summed E-state index contributed by atoms with van der Waals surface area (Å²) >= 11 is 12.1. The molecule has 1 unspecified atom stereocenters. The van der Waals surface area contributed by atoms with E-state index in [1.165, 1.54) is 6.92 Å². The molecule has 1 amide bonds. The van der Waals surface area contributed by atoms with Gasteiger partial charge in [0.25, 0.3) is 5.97 Å². The van der Waals surface area contributed by atoms with Crippen LogP contribution in [-0.4, -0.2) is 58.3 Å². The molecule has 0 fully saturated rings. The highest BCUT2D eigenvalue weighted by Crippen LogP contribution is 2.31. The molecule has 1 aromatic carbocycles. The van der Waals surface area contributed by atoms with E-state index in [2.05, 4.69) is 4.98 Å². The van der Waals surface area contributed by atoms with E-state index in [-0.39, 0.29) is 28.2 Å². The fraction of sp³-hybridized carbons (Fsp3) is 0.480. The molecule has 0 aliphatic rings. The first kappa shape index (κ1) is 30.6. The third-order valence-corrected chi connectivity index (χ3v) is 5.65. The lowest BCUT2D eigenvalue weighted by Crippen LogP contribution is -2.33. The molecule has 2 rings (SSSR count). The SMILES string of the molecule is CC(=O)N(CCCCCCOCCc1ccccn1)CC(O)c1cc(Cl)c(N)c(Cl)c1.CC(=O)O. The number of ether oxygens (including phenoxy) is 1. The van der Waals surface area contributed by atoms with E-state index in [4.69, 9.17) is 43.6 Å². The third kappa shape index (κ3) is 13.3. The lowest BCUT2D eigenvalue weighted by Gasteiger charge is -2.24. The van der Waals surface area contributed by atoms with Gasteiger partial charge in [-0.2, -0.15) is 0 Å². The second-order valence-corrected chi connectivity index (χ2v) is 8.81. The summed E-state index contributed by atoms with van der Waals surface area (Å²) in [5.74, 6) is -0.912. The third-order valence-electron chi connectivity index (χ3n) is 5.02. The molecule has 0 aliphatic carbocycles. The summed E-state index contributed by atoms with van der Waals surface area (Å²) in [5, 5.41) is 18.5. The van der Waals surface area contributed by atoms with Crippen LogP contribution in [0.15, 0.2) is 36.5 Å². The molecule has 0 saturated heterocycles. The van der Waals surface area contributed by atoms with Gasteiger partial charge in [-0.1, -0.05) is 42.1 Å². The Labute approximate surface area is 217 Å². The van der Waals surface area contributed by atoms with Gasteiger partial charge in [0.15, 0.2) is 0 Å². The Bertz CT molecular complexity index is 888. The van der Waals surface area contributed by atoms with Crippen LogP contribution in [0, 0.1) is 0 Å². The zero-order valence-electron chi connectivity index (χ0n) is 20.3. The smallest absolute Gasteiger partial charge is 0.300 e. The number of amides is 1. The van der Waals surface area contributed by atoms with Crippen LogP contribution < -0.4 is 5.73 Å². The number of unbranched alkanes of at least 4 members (excludes halogenated alkanes) is 3. The lowest BCUT2D eigenvalue weighted by atomic mass is 10.1. The number of aromatic nitrogens is 1. The van der Waals surface area contributed by atoms with Crippen LogP contribution >= 0.6 is 23.2 Å². The minimum Gasteiger partial charge on any atom is -0.481 e. The summed E-state index contributed by atoms with van der Waals surface area (Å²) in [6.45, 7) is 4.75. The predicted molar refractivity (Wildman–Crippen MR) is 139 cm³/mol. The highest BCUT2D eigenvalue weighted by molar-refractivity contribution is 6.38. The topological polar surface area (TPSA) is 126 Å². The molecule has 0 bridgehead atoms. The Kier molecular flexibility index (Phi) is 15.0. The van der Waals surface area contributed by atoms with Crippen molar-refractivity contribution < 1.29 is 24.5 Å². The largest absolute Gasteiger partial charge is 0.481 e. The number of anilines is 1. The number of carbonyl (C=O) groups is 2. The van der Waals surface area contributed by atoms with Gasteiger partial charge >= 0.3 is 0 Å². The number of nitrogens with two attached hydrogens (primary N) is 1. The average molecular weight is 528 g/mol. The second-order valence-electron chi connectivity index (χ2n) is 8.00. The van der Waals surface area contributed by atoms with Crippen molar-refractivity contribution in [2.45, 2.75) is 52.1 Å². The predicted octanol–water partition coefficient (Wildman–Crippen LogP) is 4.76. The number of pyridine rings is 1. The van der Waals surface area contributed by atoms with Crippen molar-refractivity contribution >= 4 is 40.8 Å². The quantitative estimate of drug-likeness (QED) is 0.253. The van der Waals surface area contributed by atoms with Crippen molar-refractivity contribution in [3.8, 4) is 0 Å². The Morgan fingerprint density at radius 1 is 1.09 bits per heavy atom. The standard InChI is InChI=1S/C23H31Cl2N3O3.C2H4O2/c1-17(29)28(16-22(30)18-14-20(24)23(26)21(25)15-18)11-6-2-3-7-12-31-13-9-19-8-4-5-10-27-19;1-2(3)4/h4-5,8,10,14-15,22,30H,2-3,6-7,9,11-13,16,26H2,1H3;1H3,(H,3,4). The van der Waals surface area contributed by atoms with Crippen LogP contribution in [0.25, 0.3) is 0 Å². The summed E-state index contributed by atoms with van der Waals surface area (Å²) in [6.07, 6.45) is 5.59. The Morgan fingerprint density at radius 2 is 1.71 bits per heavy atom. The maximum atomic E-state index is 12.0. The van der Waals surface area contributed by atoms with Gasteiger partial charge in [-0.3, -0.25) is 14.6 Å². The highest BCUT2D eigenvalue weighted by atomic mass is 35.5. The van der Waals surface area contributed by atoms with Gasteiger partial charge in [0.2, 0.25) is 5.91 Å². The molecule has 0 spiro atoms. The fourth-order valence-electron chi connectivity index (χ4n) is 3.17. The molecule has 4 N–H and O–H groups in total. The van der Waals surface area contributed by atoms with E-state index in [1.54, 1.807) is 23.2 Å². The summed E-state index contributed by atoms with van der Waals surface area (Å²) in [4.78, 5) is 26.9. The summed E-state index contributed by atoms with van der Waals surface area (Å²) in [6, 6.07) is 9.05. The number of hydrogen-bond acceptors (Lipinski definition) is 6. The second kappa shape index (κ2) is 17.1. The van der Waals surface area contributed by atoms with Gasteiger partial charge in [-0.05, 0) is 42.7 Å². The molecular formula is C25H35Cl2N3O5. The molecule has 0 aliphatic heterocycles. The van der Waals surface area contributed by atoms with Crippen LogP contribution in [0.1, 0.15) is 56.9 Å². The minimum absolute atomic E-state index is 0.0791. The lowest BCUT2D eigenvalue weighted by molar-refractivity contribution is -0.134. The summed E-state index contributed by atoms with van der Waals surface area (Å²) in [7, 11) is 0. The monoisotopic (exact) mass is 527 g/mol. The van der Waals surface area contributed by atoms with E-state index < -0.39 is 12.1 Å². The maximum Gasteiger partial charge on any atom is 0.300 e. The number of halogens is 2. The number of aliphatic hydroxyl groups excluding tert-OH is 1. The van der Waals surface area contributed by atoms with Crippen molar-refractivity contribution in [2.75, 3.05) is 32.0 Å². The van der Waals surface area contributed by atoms with Gasteiger partial charge in [0, 0.05) is 45.3 Å². The van der Waals surface area contributed by atoms with Gasteiger partial charge < -0.3 is 25.6 Å². The van der Waals surface area contributed by atoms with E-state index in [9.17, 15) is 9.90 Å². The average Bonchev–Trinajstić information content (AvgIpc) is 2.80. The van der Waals surface area contributed by atoms with Crippen LogP contribution in [-0.2, 0) is 20.7 Å². The van der Waals surface area contributed by atoms with Crippen LogP contribution in [0.2, 0.25) is 10.0 Å². The number of aliphatic hydroxyl groups is 1. The number of aliphatic carboxylic acids is 1. The van der Waals surface area contributed by atoms with Gasteiger partial charge in [-0.15, -0.1) is 0 Å². The Hall–Kier alpha value is -2.39. The summed E-state index contributed by atoms with van der Waals surface area (Å²) in [5.41, 5.74) is 7.60. The van der Waals surface area contributed by atoms with Crippen LogP contribution in [0.3, 0.4) is 0 Å². The molecule has 10 heteroatoms. The van der Waals surface area contributed by atoms with Crippen molar-refractivity contribution in [3.63, 3.8) is 0 Å².